The molecular weight excluding hydrogens is 276 g/mol. The maximum absolute atomic E-state index is 12.4. The molecule has 0 radical (unpaired) electrons. The van der Waals surface area contributed by atoms with E-state index in [9.17, 15) is 4.79 Å². The first kappa shape index (κ1) is 16.3. The quantitative estimate of drug-likeness (QED) is 0.858. The fourth-order valence-electron chi connectivity index (χ4n) is 2.38. The maximum Gasteiger partial charge on any atom is 0.256 e. The van der Waals surface area contributed by atoms with Crippen LogP contribution in [0.5, 0.6) is 0 Å². The second-order valence-corrected chi connectivity index (χ2v) is 6.56. The highest BCUT2D eigenvalue weighted by atomic mass is 16.5. The summed E-state index contributed by atoms with van der Waals surface area (Å²) in [5.74, 6) is 0.474. The van der Waals surface area contributed by atoms with Crippen LogP contribution in [0.2, 0.25) is 0 Å². The average molecular weight is 300 g/mol. The van der Waals surface area contributed by atoms with Gasteiger partial charge >= 0.3 is 0 Å². The van der Waals surface area contributed by atoms with Crippen molar-refractivity contribution in [3.63, 3.8) is 0 Å². The normalized spacial score (nSPS) is 11.5. The smallest absolute Gasteiger partial charge is 0.256 e. The van der Waals surface area contributed by atoms with Crippen molar-refractivity contribution in [3.05, 3.63) is 52.9 Å². The van der Waals surface area contributed by atoms with Crippen LogP contribution < -0.4 is 5.32 Å². The average Bonchev–Trinajstić information content (AvgIpc) is 2.86. The fourth-order valence-corrected chi connectivity index (χ4v) is 2.38. The minimum Gasteiger partial charge on any atom is -0.361 e. The Kier molecular flexibility index (Phi) is 5.01. The van der Waals surface area contributed by atoms with Crippen molar-refractivity contribution in [2.45, 2.75) is 46.0 Å². The minimum absolute atomic E-state index is 0.100. The number of hydrogen-bond donors (Lipinski definition) is 1. The van der Waals surface area contributed by atoms with Crippen molar-refractivity contribution in [2.75, 3.05) is 6.54 Å². The van der Waals surface area contributed by atoms with Crippen LogP contribution in [-0.4, -0.2) is 17.6 Å². The molecule has 0 atom stereocenters. The SMILES string of the molecule is Cc1onc(C(C)(C)C)c1C(=O)NCCCc1ccccc1. The largest absolute Gasteiger partial charge is 0.361 e. The summed E-state index contributed by atoms with van der Waals surface area (Å²) in [4.78, 5) is 12.4. The van der Waals surface area contributed by atoms with Gasteiger partial charge in [-0.15, -0.1) is 0 Å². The van der Waals surface area contributed by atoms with Crippen LogP contribution in [0.25, 0.3) is 0 Å². The minimum atomic E-state index is -0.214. The van der Waals surface area contributed by atoms with E-state index in [0.717, 1.165) is 12.8 Å². The summed E-state index contributed by atoms with van der Waals surface area (Å²) >= 11 is 0. The summed E-state index contributed by atoms with van der Waals surface area (Å²) in [6.45, 7) is 8.49. The van der Waals surface area contributed by atoms with Gasteiger partial charge in [0, 0.05) is 12.0 Å². The Balaban J connectivity index is 1.92. The second kappa shape index (κ2) is 6.77. The molecule has 0 saturated heterocycles. The summed E-state index contributed by atoms with van der Waals surface area (Å²) in [6, 6.07) is 10.3. The highest BCUT2D eigenvalue weighted by molar-refractivity contribution is 5.96. The molecule has 0 fully saturated rings. The molecule has 4 nitrogen and oxygen atoms in total. The molecule has 0 aliphatic carbocycles. The van der Waals surface area contributed by atoms with E-state index in [1.807, 2.05) is 39.0 Å². The second-order valence-electron chi connectivity index (χ2n) is 6.56. The van der Waals surface area contributed by atoms with Crippen molar-refractivity contribution in [1.29, 1.82) is 0 Å². The maximum atomic E-state index is 12.4. The van der Waals surface area contributed by atoms with Gasteiger partial charge in [0.05, 0.1) is 0 Å². The predicted molar refractivity (Wildman–Crippen MR) is 87.0 cm³/mol. The molecule has 4 heteroatoms. The van der Waals surface area contributed by atoms with E-state index in [-0.39, 0.29) is 11.3 Å². The van der Waals surface area contributed by atoms with Crippen molar-refractivity contribution in [1.82, 2.24) is 10.5 Å². The first-order valence-corrected chi connectivity index (χ1v) is 7.68. The Morgan fingerprint density at radius 3 is 2.55 bits per heavy atom. The lowest BCUT2D eigenvalue weighted by Gasteiger charge is -2.16. The summed E-state index contributed by atoms with van der Waals surface area (Å²) in [7, 11) is 0. The molecule has 0 bridgehead atoms. The molecule has 118 valence electrons. The Hall–Kier alpha value is -2.10. The summed E-state index contributed by atoms with van der Waals surface area (Å²) in [5, 5.41) is 7.02. The first-order chi connectivity index (χ1) is 10.4. The van der Waals surface area contributed by atoms with E-state index in [1.165, 1.54) is 5.56 Å². The Bertz CT molecular complexity index is 624. The standard InChI is InChI=1S/C18H24N2O2/c1-13-15(16(20-22-13)18(2,3)4)17(21)19-12-8-11-14-9-6-5-7-10-14/h5-7,9-10H,8,11-12H2,1-4H3,(H,19,21). The number of rotatable bonds is 5. The number of nitrogens with one attached hydrogen (secondary N) is 1. The summed E-state index contributed by atoms with van der Waals surface area (Å²) < 4.78 is 5.21. The van der Waals surface area contributed by atoms with Gasteiger partial charge in [-0.3, -0.25) is 4.79 Å². The van der Waals surface area contributed by atoms with Gasteiger partial charge in [-0.25, -0.2) is 0 Å². The molecule has 0 unspecified atom stereocenters. The molecule has 22 heavy (non-hydrogen) atoms. The third-order valence-corrected chi connectivity index (χ3v) is 3.57. The van der Waals surface area contributed by atoms with Crippen LogP contribution in [0.15, 0.2) is 34.9 Å². The molecule has 0 aliphatic heterocycles. The van der Waals surface area contributed by atoms with Gasteiger partial charge in [-0.2, -0.15) is 0 Å². The van der Waals surface area contributed by atoms with Crippen LogP contribution in [-0.2, 0) is 11.8 Å². The van der Waals surface area contributed by atoms with Crippen LogP contribution in [0, 0.1) is 6.92 Å². The van der Waals surface area contributed by atoms with Crippen molar-refractivity contribution in [2.24, 2.45) is 0 Å². The molecule has 1 N–H and O–H groups in total. The van der Waals surface area contributed by atoms with Gasteiger partial charge < -0.3 is 9.84 Å². The molecular formula is C18H24N2O2. The van der Waals surface area contributed by atoms with E-state index in [2.05, 4.69) is 22.6 Å². The molecule has 1 heterocycles. The van der Waals surface area contributed by atoms with Crippen molar-refractivity contribution in [3.8, 4) is 0 Å². The molecule has 2 rings (SSSR count). The molecule has 0 spiro atoms. The van der Waals surface area contributed by atoms with Crippen LogP contribution in [0.4, 0.5) is 0 Å². The highest BCUT2D eigenvalue weighted by Crippen LogP contribution is 2.26. The van der Waals surface area contributed by atoms with Gasteiger partial charge in [0.1, 0.15) is 17.0 Å². The highest BCUT2D eigenvalue weighted by Gasteiger charge is 2.28. The molecule has 0 saturated carbocycles. The first-order valence-electron chi connectivity index (χ1n) is 7.68. The number of carbonyl (C=O) groups excluding carboxylic acids is 1. The number of benzene rings is 1. The third kappa shape index (κ3) is 3.97. The zero-order valence-electron chi connectivity index (χ0n) is 13.8. The van der Waals surface area contributed by atoms with E-state index in [0.29, 0.717) is 23.6 Å². The van der Waals surface area contributed by atoms with Crippen molar-refractivity contribution >= 4 is 5.91 Å². The lowest BCUT2D eigenvalue weighted by molar-refractivity contribution is 0.0949. The van der Waals surface area contributed by atoms with Gasteiger partial charge in [0.25, 0.3) is 5.91 Å². The molecule has 1 amide bonds. The number of carbonyl (C=O) groups is 1. The van der Waals surface area contributed by atoms with Crippen LogP contribution >= 0.6 is 0 Å². The van der Waals surface area contributed by atoms with Gasteiger partial charge in [-0.05, 0) is 25.3 Å². The van der Waals surface area contributed by atoms with Crippen molar-refractivity contribution < 1.29 is 9.32 Å². The van der Waals surface area contributed by atoms with Crippen LogP contribution in [0.3, 0.4) is 0 Å². The van der Waals surface area contributed by atoms with E-state index in [4.69, 9.17) is 4.52 Å². The topological polar surface area (TPSA) is 55.1 Å². The lowest BCUT2D eigenvalue weighted by Crippen LogP contribution is -2.28. The lowest BCUT2D eigenvalue weighted by atomic mass is 9.88. The number of hydrogen-bond acceptors (Lipinski definition) is 3. The summed E-state index contributed by atoms with van der Waals surface area (Å²) in [5.41, 5.74) is 2.36. The monoisotopic (exact) mass is 300 g/mol. The zero-order valence-corrected chi connectivity index (χ0v) is 13.8. The Morgan fingerprint density at radius 1 is 1.23 bits per heavy atom. The van der Waals surface area contributed by atoms with E-state index >= 15 is 0 Å². The Labute approximate surface area is 131 Å². The number of amides is 1. The molecule has 1 aromatic heterocycles. The number of aromatic nitrogens is 1. The third-order valence-electron chi connectivity index (χ3n) is 3.57. The zero-order chi connectivity index (χ0) is 16.2. The molecule has 0 aliphatic rings. The molecule has 1 aromatic carbocycles. The Morgan fingerprint density at radius 2 is 1.91 bits per heavy atom. The summed E-state index contributed by atoms with van der Waals surface area (Å²) in [6.07, 6.45) is 1.86. The van der Waals surface area contributed by atoms with E-state index in [1.54, 1.807) is 6.92 Å². The predicted octanol–water partition coefficient (Wildman–Crippen LogP) is 3.64. The van der Waals surface area contributed by atoms with Crippen LogP contribution in [0.1, 0.15) is 54.6 Å². The number of nitrogens with zero attached hydrogens (tertiary/aromatic N) is 1. The van der Waals surface area contributed by atoms with E-state index < -0.39 is 0 Å². The van der Waals surface area contributed by atoms with Gasteiger partial charge in [0.15, 0.2) is 0 Å². The van der Waals surface area contributed by atoms with Gasteiger partial charge in [-0.1, -0.05) is 56.3 Å². The molecule has 2 aromatic rings. The van der Waals surface area contributed by atoms with Gasteiger partial charge in [0.2, 0.25) is 0 Å². The fraction of sp³-hybridized carbons (Fsp3) is 0.444. The number of aryl methyl sites for hydroxylation is 2.